The van der Waals surface area contributed by atoms with Gasteiger partial charge in [-0.15, -0.1) is 4.91 Å². The standard InChI is InChI=1S/C23H28N4O6/c1-3-32-21(30)20-13-23(33-27-15-7-6-8-16(27)12-17(29)11-15)18-9-4-5-10-19(18)26(24-31)22(23)25(20)14(2)28/h4-5,9-10,15-16,20,22H,3,6-8,11-13H2,1-2H3. The lowest BCUT2D eigenvalue weighted by Crippen LogP contribution is -2.58. The van der Waals surface area contributed by atoms with Crippen LogP contribution in [0.15, 0.2) is 29.6 Å². The number of rotatable bonds is 5. The minimum Gasteiger partial charge on any atom is -0.464 e. The predicted molar refractivity (Wildman–Crippen MR) is 116 cm³/mol. The van der Waals surface area contributed by atoms with Gasteiger partial charge in [-0.2, -0.15) is 5.06 Å². The highest BCUT2D eigenvalue weighted by Crippen LogP contribution is 2.56. The molecule has 5 unspecified atom stereocenters. The Balaban J connectivity index is 1.63. The molecule has 0 spiro atoms. The van der Waals surface area contributed by atoms with E-state index in [1.54, 1.807) is 19.1 Å². The van der Waals surface area contributed by atoms with Gasteiger partial charge < -0.3 is 9.64 Å². The van der Waals surface area contributed by atoms with E-state index in [1.807, 2.05) is 17.2 Å². The number of nitroso groups, excluding NO2 is 1. The van der Waals surface area contributed by atoms with Gasteiger partial charge in [0, 0.05) is 43.8 Å². The second-order valence-corrected chi connectivity index (χ2v) is 9.24. The van der Waals surface area contributed by atoms with Crippen LogP contribution in [0.5, 0.6) is 0 Å². The van der Waals surface area contributed by atoms with E-state index in [-0.39, 0.29) is 36.8 Å². The number of ketones is 1. The molecule has 0 saturated carbocycles. The fourth-order valence-corrected chi connectivity index (χ4v) is 6.13. The molecule has 10 nitrogen and oxygen atoms in total. The van der Waals surface area contributed by atoms with Crippen LogP contribution in [0.2, 0.25) is 0 Å². The van der Waals surface area contributed by atoms with Crippen molar-refractivity contribution in [2.24, 2.45) is 5.29 Å². The fraction of sp³-hybridized carbons (Fsp3) is 0.609. The summed E-state index contributed by atoms with van der Waals surface area (Å²) in [5.74, 6) is -0.691. The molecule has 176 valence electrons. The molecule has 5 atom stereocenters. The number of carbonyl (C=O) groups excluding carboxylic acids is 3. The molecule has 1 aromatic carbocycles. The van der Waals surface area contributed by atoms with Crippen LogP contribution in [0.1, 0.15) is 57.9 Å². The van der Waals surface area contributed by atoms with E-state index in [9.17, 15) is 19.3 Å². The molecule has 10 heteroatoms. The first-order valence-corrected chi connectivity index (χ1v) is 11.6. The van der Waals surface area contributed by atoms with E-state index in [4.69, 9.17) is 9.57 Å². The van der Waals surface area contributed by atoms with Crippen LogP contribution in [0, 0.1) is 4.91 Å². The summed E-state index contributed by atoms with van der Waals surface area (Å²) < 4.78 is 5.28. The van der Waals surface area contributed by atoms with Gasteiger partial charge in [-0.05, 0) is 25.8 Å². The second-order valence-electron chi connectivity index (χ2n) is 9.24. The molecular formula is C23H28N4O6. The second kappa shape index (κ2) is 8.18. The molecule has 0 N–H and O–H groups in total. The number of hydroxylamine groups is 2. The molecule has 0 aromatic heterocycles. The van der Waals surface area contributed by atoms with Gasteiger partial charge in [-0.25, -0.2) is 9.80 Å². The van der Waals surface area contributed by atoms with Gasteiger partial charge in [-0.1, -0.05) is 24.6 Å². The van der Waals surface area contributed by atoms with E-state index >= 15 is 0 Å². The SMILES string of the molecule is CCOC(=O)C1CC2(ON3C4CCCC3CC(=O)C4)c3ccccc3N(N=O)C2N1C(C)=O. The van der Waals surface area contributed by atoms with Crippen molar-refractivity contribution in [1.82, 2.24) is 9.96 Å². The van der Waals surface area contributed by atoms with Gasteiger partial charge in [0.15, 0.2) is 11.8 Å². The maximum Gasteiger partial charge on any atom is 0.329 e. The van der Waals surface area contributed by atoms with Crippen LogP contribution >= 0.6 is 0 Å². The Bertz CT molecular complexity index is 985. The predicted octanol–water partition coefficient (Wildman–Crippen LogP) is 2.41. The number of nitrogens with zero attached hydrogens (tertiary/aromatic N) is 4. The molecule has 33 heavy (non-hydrogen) atoms. The Labute approximate surface area is 191 Å². The average Bonchev–Trinajstić information content (AvgIpc) is 3.24. The number of benzene rings is 1. The molecule has 4 heterocycles. The summed E-state index contributed by atoms with van der Waals surface area (Å²) in [6.07, 6.45) is 2.69. The van der Waals surface area contributed by atoms with Crippen molar-refractivity contribution >= 4 is 23.3 Å². The van der Waals surface area contributed by atoms with E-state index < -0.39 is 23.8 Å². The summed E-state index contributed by atoms with van der Waals surface area (Å²) in [5.41, 5.74) is 0.0499. The molecule has 3 fully saturated rings. The van der Waals surface area contributed by atoms with Crippen LogP contribution in [0.3, 0.4) is 0 Å². The van der Waals surface area contributed by atoms with Crippen molar-refractivity contribution < 1.29 is 24.0 Å². The number of piperidine rings is 2. The Morgan fingerprint density at radius 1 is 1.18 bits per heavy atom. The van der Waals surface area contributed by atoms with E-state index in [0.29, 0.717) is 24.1 Å². The molecule has 4 aliphatic rings. The lowest BCUT2D eigenvalue weighted by atomic mass is 9.85. The Morgan fingerprint density at radius 2 is 1.88 bits per heavy atom. The van der Waals surface area contributed by atoms with Crippen molar-refractivity contribution in [2.45, 2.75) is 82.3 Å². The highest BCUT2D eigenvalue weighted by atomic mass is 16.7. The molecule has 2 bridgehead atoms. The molecular weight excluding hydrogens is 428 g/mol. The first-order chi connectivity index (χ1) is 15.9. The number of para-hydroxylation sites is 1. The first kappa shape index (κ1) is 22.0. The van der Waals surface area contributed by atoms with E-state index in [0.717, 1.165) is 19.3 Å². The smallest absolute Gasteiger partial charge is 0.329 e. The lowest BCUT2D eigenvalue weighted by Gasteiger charge is -2.48. The summed E-state index contributed by atoms with van der Waals surface area (Å²) in [7, 11) is 0. The number of Topliss-reactive ketones (excluding diaryl/α,β-unsaturated/α-hetero) is 1. The average molecular weight is 456 g/mol. The third kappa shape index (κ3) is 3.26. The van der Waals surface area contributed by atoms with Crippen molar-refractivity contribution in [3.8, 4) is 0 Å². The third-order valence-electron chi connectivity index (χ3n) is 7.35. The summed E-state index contributed by atoms with van der Waals surface area (Å²) in [4.78, 5) is 58.3. The zero-order valence-electron chi connectivity index (χ0n) is 18.8. The van der Waals surface area contributed by atoms with Gasteiger partial charge in [0.2, 0.25) is 5.91 Å². The molecule has 4 aliphatic heterocycles. The maximum absolute atomic E-state index is 12.9. The molecule has 0 aliphatic carbocycles. The van der Waals surface area contributed by atoms with Crippen LogP contribution < -0.4 is 5.01 Å². The van der Waals surface area contributed by atoms with E-state index in [2.05, 4.69) is 5.29 Å². The summed E-state index contributed by atoms with van der Waals surface area (Å²) in [6, 6.07) is 6.18. The van der Waals surface area contributed by atoms with Gasteiger partial charge in [0.05, 0.1) is 17.6 Å². The topological polar surface area (TPSA) is 109 Å². The van der Waals surface area contributed by atoms with Crippen molar-refractivity contribution in [2.75, 3.05) is 11.6 Å². The minimum atomic E-state index is -1.19. The van der Waals surface area contributed by atoms with Crippen molar-refractivity contribution in [3.05, 3.63) is 34.7 Å². The number of carbonyl (C=O) groups is 3. The van der Waals surface area contributed by atoms with E-state index in [1.165, 1.54) is 16.8 Å². The number of fused-ring (bicyclic) bond motifs is 5. The Hall–Kier alpha value is -2.85. The quantitative estimate of drug-likeness (QED) is 0.491. The number of ether oxygens (including phenoxy) is 1. The summed E-state index contributed by atoms with van der Waals surface area (Å²) in [6.45, 7) is 3.24. The largest absolute Gasteiger partial charge is 0.464 e. The zero-order valence-corrected chi connectivity index (χ0v) is 18.8. The number of hydrogen-bond acceptors (Lipinski definition) is 8. The van der Waals surface area contributed by atoms with Crippen molar-refractivity contribution in [1.29, 1.82) is 0 Å². The first-order valence-electron chi connectivity index (χ1n) is 11.6. The van der Waals surface area contributed by atoms with Crippen LogP contribution in [0.4, 0.5) is 5.69 Å². The van der Waals surface area contributed by atoms with Crippen LogP contribution in [-0.4, -0.2) is 58.5 Å². The highest BCUT2D eigenvalue weighted by Gasteiger charge is 2.67. The monoisotopic (exact) mass is 456 g/mol. The normalized spacial score (nSPS) is 33.0. The maximum atomic E-state index is 12.9. The van der Waals surface area contributed by atoms with Gasteiger partial charge in [0.25, 0.3) is 0 Å². The number of hydrogen-bond donors (Lipinski definition) is 0. The van der Waals surface area contributed by atoms with Crippen molar-refractivity contribution in [3.63, 3.8) is 0 Å². The molecule has 1 amide bonds. The minimum absolute atomic E-state index is 0.0714. The number of anilines is 1. The van der Waals surface area contributed by atoms with Crippen LogP contribution in [-0.2, 0) is 29.6 Å². The Morgan fingerprint density at radius 3 is 2.52 bits per heavy atom. The molecule has 0 radical (unpaired) electrons. The molecule has 1 aromatic rings. The van der Waals surface area contributed by atoms with Gasteiger partial charge in [0.1, 0.15) is 11.8 Å². The molecule has 5 rings (SSSR count). The zero-order chi connectivity index (χ0) is 23.3. The number of likely N-dealkylation sites (tertiary alicyclic amines) is 1. The van der Waals surface area contributed by atoms with Gasteiger partial charge in [-0.3, -0.25) is 14.4 Å². The summed E-state index contributed by atoms with van der Waals surface area (Å²) >= 11 is 0. The Kier molecular flexibility index (Phi) is 5.44. The fourth-order valence-electron chi connectivity index (χ4n) is 6.13. The van der Waals surface area contributed by atoms with Gasteiger partial charge >= 0.3 is 5.97 Å². The number of amides is 1. The van der Waals surface area contributed by atoms with Crippen LogP contribution in [0.25, 0.3) is 0 Å². The highest BCUT2D eigenvalue weighted by molar-refractivity contribution is 5.86. The molecule has 3 saturated heterocycles. The lowest BCUT2D eigenvalue weighted by molar-refractivity contribution is -0.307. The third-order valence-corrected chi connectivity index (χ3v) is 7.35. The summed E-state index contributed by atoms with van der Waals surface area (Å²) in [5, 5.41) is 6.40. The number of esters is 1.